The van der Waals surface area contributed by atoms with Crippen LogP contribution in [0.1, 0.15) is 23.6 Å². The van der Waals surface area contributed by atoms with Crippen molar-refractivity contribution in [1.82, 2.24) is 0 Å². The van der Waals surface area contributed by atoms with Gasteiger partial charge in [-0.2, -0.15) is 5.26 Å². The Morgan fingerprint density at radius 1 is 0.897 bits per heavy atom. The number of hydrogen-bond donors (Lipinski definition) is 0. The van der Waals surface area contributed by atoms with Crippen LogP contribution < -0.4 is 9.47 Å². The number of allylic oxidation sites excluding steroid dienone is 1. The average molecular weight is 513 g/mol. The van der Waals surface area contributed by atoms with E-state index >= 15 is 0 Å². The van der Waals surface area contributed by atoms with Gasteiger partial charge in [0.05, 0.1) is 18.2 Å². The van der Waals surface area contributed by atoms with E-state index in [1.54, 1.807) is 0 Å². The van der Waals surface area contributed by atoms with Crippen molar-refractivity contribution in [2.45, 2.75) is 13.5 Å². The van der Waals surface area contributed by atoms with Gasteiger partial charge in [-0.05, 0) is 66.1 Å². The van der Waals surface area contributed by atoms with E-state index in [0.717, 1.165) is 25.6 Å². The van der Waals surface area contributed by atoms with Crippen molar-refractivity contribution in [1.29, 1.82) is 5.26 Å². The Labute approximate surface area is 187 Å². The third-order valence-corrected chi connectivity index (χ3v) is 5.22. The lowest BCUT2D eigenvalue weighted by Crippen LogP contribution is -2.00. The van der Waals surface area contributed by atoms with Crippen LogP contribution in [-0.4, -0.2) is 6.61 Å². The maximum atomic E-state index is 9.58. The molecule has 0 unspecified atom stereocenters. The molecule has 3 nitrogen and oxygen atoms in total. The molecular formula is C24H19Br2NO2. The van der Waals surface area contributed by atoms with Crippen LogP contribution in [0.5, 0.6) is 11.5 Å². The van der Waals surface area contributed by atoms with E-state index in [2.05, 4.69) is 37.9 Å². The van der Waals surface area contributed by atoms with Crippen molar-refractivity contribution >= 4 is 43.5 Å². The molecule has 0 aliphatic rings. The van der Waals surface area contributed by atoms with Crippen molar-refractivity contribution in [2.75, 3.05) is 6.61 Å². The maximum absolute atomic E-state index is 9.58. The quantitative estimate of drug-likeness (QED) is 0.247. The van der Waals surface area contributed by atoms with Gasteiger partial charge in [0.1, 0.15) is 6.61 Å². The van der Waals surface area contributed by atoms with Gasteiger partial charge in [-0.1, -0.05) is 62.2 Å². The zero-order valence-corrected chi connectivity index (χ0v) is 19.0. The van der Waals surface area contributed by atoms with Crippen LogP contribution in [0.4, 0.5) is 0 Å². The number of nitrogens with zero attached hydrogens (tertiary/aromatic N) is 1. The second-order valence-corrected chi connectivity index (χ2v) is 8.06. The van der Waals surface area contributed by atoms with Gasteiger partial charge in [0.25, 0.3) is 0 Å². The van der Waals surface area contributed by atoms with Gasteiger partial charge in [0.15, 0.2) is 11.5 Å². The minimum Gasteiger partial charge on any atom is -0.490 e. The summed E-state index contributed by atoms with van der Waals surface area (Å²) in [6, 6.07) is 23.7. The molecule has 29 heavy (non-hydrogen) atoms. The van der Waals surface area contributed by atoms with Crippen molar-refractivity contribution in [3.8, 4) is 17.6 Å². The van der Waals surface area contributed by atoms with Crippen LogP contribution in [0.2, 0.25) is 0 Å². The molecule has 5 heteroatoms. The monoisotopic (exact) mass is 511 g/mol. The Balaban J connectivity index is 1.83. The number of halogens is 2. The molecule has 0 saturated heterocycles. The lowest BCUT2D eigenvalue weighted by Gasteiger charge is -2.13. The zero-order valence-electron chi connectivity index (χ0n) is 15.9. The summed E-state index contributed by atoms with van der Waals surface area (Å²) in [6.45, 7) is 2.91. The predicted molar refractivity (Wildman–Crippen MR) is 124 cm³/mol. The maximum Gasteiger partial charge on any atom is 0.161 e. The van der Waals surface area contributed by atoms with E-state index in [1.165, 1.54) is 0 Å². The summed E-state index contributed by atoms with van der Waals surface area (Å²) < 4.78 is 13.7. The number of rotatable bonds is 7. The van der Waals surface area contributed by atoms with Crippen LogP contribution >= 0.6 is 31.9 Å². The number of benzene rings is 3. The van der Waals surface area contributed by atoms with E-state index in [9.17, 15) is 5.26 Å². The normalized spacial score (nSPS) is 11.0. The molecule has 0 atom stereocenters. The number of nitriles is 1. The number of hydrogen-bond acceptors (Lipinski definition) is 3. The second-order valence-electron chi connectivity index (χ2n) is 6.23. The Bertz CT molecular complexity index is 1040. The summed E-state index contributed by atoms with van der Waals surface area (Å²) in [4.78, 5) is 0. The molecule has 0 saturated carbocycles. The molecule has 3 aromatic rings. The SMILES string of the molecule is CCOc1cc(/C=C(/C#N)c2ccc(Br)cc2)ccc1OCc1ccc(Br)cc1. The molecule has 0 amide bonds. The highest BCUT2D eigenvalue weighted by molar-refractivity contribution is 9.10. The summed E-state index contributed by atoms with van der Waals surface area (Å²) >= 11 is 6.85. The Kier molecular flexibility index (Phi) is 7.51. The van der Waals surface area contributed by atoms with Gasteiger partial charge in [-0.15, -0.1) is 0 Å². The van der Waals surface area contributed by atoms with Gasteiger partial charge in [0.2, 0.25) is 0 Å². The molecule has 3 rings (SSSR count). The van der Waals surface area contributed by atoms with E-state index in [4.69, 9.17) is 9.47 Å². The first kappa shape index (κ1) is 21.2. The van der Waals surface area contributed by atoms with E-state index in [-0.39, 0.29) is 0 Å². The average Bonchev–Trinajstić information content (AvgIpc) is 2.73. The molecule has 0 N–H and O–H groups in total. The fourth-order valence-electron chi connectivity index (χ4n) is 2.72. The van der Waals surface area contributed by atoms with Crippen LogP contribution in [0, 0.1) is 11.3 Å². The first-order chi connectivity index (χ1) is 14.1. The van der Waals surface area contributed by atoms with Crippen molar-refractivity contribution < 1.29 is 9.47 Å². The lowest BCUT2D eigenvalue weighted by molar-refractivity contribution is 0.269. The fourth-order valence-corrected chi connectivity index (χ4v) is 3.25. The first-order valence-electron chi connectivity index (χ1n) is 9.11. The summed E-state index contributed by atoms with van der Waals surface area (Å²) in [7, 11) is 0. The first-order valence-corrected chi connectivity index (χ1v) is 10.7. The predicted octanol–water partition coefficient (Wildman–Crippen LogP) is 7.25. The highest BCUT2D eigenvalue weighted by atomic mass is 79.9. The highest BCUT2D eigenvalue weighted by Gasteiger charge is 2.08. The van der Waals surface area contributed by atoms with Crippen LogP contribution in [0.3, 0.4) is 0 Å². The molecule has 0 aliphatic heterocycles. The van der Waals surface area contributed by atoms with Gasteiger partial charge < -0.3 is 9.47 Å². The van der Waals surface area contributed by atoms with Gasteiger partial charge in [-0.3, -0.25) is 0 Å². The van der Waals surface area contributed by atoms with Gasteiger partial charge in [-0.25, -0.2) is 0 Å². The van der Waals surface area contributed by atoms with Gasteiger partial charge in [0, 0.05) is 8.95 Å². The molecule has 0 spiro atoms. The fraction of sp³-hybridized carbons (Fsp3) is 0.125. The zero-order chi connectivity index (χ0) is 20.6. The summed E-state index contributed by atoms with van der Waals surface area (Å²) in [5.41, 5.74) is 3.40. The van der Waals surface area contributed by atoms with E-state index < -0.39 is 0 Å². The molecule has 0 radical (unpaired) electrons. The Morgan fingerprint density at radius 2 is 1.55 bits per heavy atom. The molecule has 0 heterocycles. The standard InChI is InChI=1S/C24H19Br2NO2/c1-2-28-24-14-18(13-20(15-27)19-6-10-22(26)11-7-19)5-12-23(24)29-16-17-3-8-21(25)9-4-17/h3-14H,2,16H2,1H3/b20-13-. The van der Waals surface area contributed by atoms with Crippen molar-refractivity contribution in [3.05, 3.63) is 92.4 Å². The van der Waals surface area contributed by atoms with E-state index in [1.807, 2.05) is 79.7 Å². The number of ether oxygens (including phenoxy) is 2. The molecule has 0 aliphatic carbocycles. The highest BCUT2D eigenvalue weighted by Crippen LogP contribution is 2.31. The van der Waals surface area contributed by atoms with Crippen molar-refractivity contribution in [2.24, 2.45) is 0 Å². The minimum atomic E-state index is 0.449. The van der Waals surface area contributed by atoms with Crippen LogP contribution in [0.15, 0.2) is 75.7 Å². The van der Waals surface area contributed by atoms with Crippen molar-refractivity contribution in [3.63, 3.8) is 0 Å². The van der Waals surface area contributed by atoms with Crippen LogP contribution in [0.25, 0.3) is 11.6 Å². The molecule has 146 valence electrons. The Morgan fingerprint density at radius 3 is 2.17 bits per heavy atom. The molecule has 0 fully saturated rings. The third kappa shape index (κ3) is 5.96. The lowest BCUT2D eigenvalue weighted by atomic mass is 10.0. The molecule has 0 bridgehead atoms. The summed E-state index contributed by atoms with van der Waals surface area (Å²) in [5.74, 6) is 1.33. The second kappa shape index (κ2) is 10.3. The van der Waals surface area contributed by atoms with Crippen LogP contribution in [-0.2, 0) is 6.61 Å². The topological polar surface area (TPSA) is 42.2 Å². The van der Waals surface area contributed by atoms with Gasteiger partial charge >= 0.3 is 0 Å². The minimum absolute atomic E-state index is 0.449. The molecule has 3 aromatic carbocycles. The molecular weight excluding hydrogens is 494 g/mol. The van der Waals surface area contributed by atoms with E-state index in [0.29, 0.717) is 30.3 Å². The largest absolute Gasteiger partial charge is 0.490 e. The third-order valence-electron chi connectivity index (χ3n) is 4.16. The summed E-state index contributed by atoms with van der Waals surface area (Å²) in [6.07, 6.45) is 1.85. The summed E-state index contributed by atoms with van der Waals surface area (Å²) in [5, 5.41) is 9.58. The molecule has 0 aromatic heterocycles. The smallest absolute Gasteiger partial charge is 0.161 e. The Hall–Kier alpha value is -2.55.